The average molecular weight is 320 g/mol. The predicted molar refractivity (Wildman–Crippen MR) is 84.8 cm³/mol. The number of ether oxygens (including phenoxy) is 1. The Morgan fingerprint density at radius 2 is 1.74 bits per heavy atom. The van der Waals surface area contributed by atoms with Crippen molar-refractivity contribution in [2.45, 2.75) is 13.8 Å². The zero-order chi connectivity index (χ0) is 16.8. The third-order valence-electron chi connectivity index (χ3n) is 3.03. The van der Waals surface area contributed by atoms with E-state index in [1.807, 2.05) is 32.0 Å². The van der Waals surface area contributed by atoms with Crippen molar-refractivity contribution in [1.29, 1.82) is 0 Å². The van der Waals surface area contributed by atoms with Gasteiger partial charge in [-0.05, 0) is 49.2 Å². The molecule has 2 aromatic rings. The van der Waals surface area contributed by atoms with Gasteiger partial charge in [0, 0.05) is 11.8 Å². The molecule has 0 aliphatic rings. The van der Waals surface area contributed by atoms with Crippen LogP contribution in [0.2, 0.25) is 0 Å². The molecule has 2 aromatic carbocycles. The Labute approximate surface area is 133 Å². The number of carbonyl (C=O) groups is 1. The van der Waals surface area contributed by atoms with Crippen LogP contribution in [0.1, 0.15) is 11.1 Å². The van der Waals surface area contributed by atoms with Crippen molar-refractivity contribution in [3.63, 3.8) is 0 Å². The molecular weight excluding hydrogens is 302 g/mol. The first-order valence-corrected chi connectivity index (χ1v) is 7.15. The highest BCUT2D eigenvalue weighted by molar-refractivity contribution is 5.89. The van der Waals surface area contributed by atoms with Crippen molar-refractivity contribution < 1.29 is 18.3 Å². The number of carbonyl (C=O) groups excluding carboxylic acids is 1. The van der Waals surface area contributed by atoms with Gasteiger partial charge in [0.1, 0.15) is 12.4 Å². The van der Waals surface area contributed by atoms with E-state index in [0.717, 1.165) is 23.3 Å². The minimum atomic E-state index is -0.969. The van der Waals surface area contributed by atoms with Crippen LogP contribution < -0.4 is 15.4 Å². The lowest BCUT2D eigenvalue weighted by Crippen LogP contribution is -2.32. The standard InChI is InChI=1S/C17H18F2N2O2/c1-11-7-12(2)9-13(8-11)21-17(22)20-5-6-23-14-3-4-15(18)16(19)10-14/h3-4,7-10H,5-6H2,1-2H3,(H2,20,21,22). The minimum Gasteiger partial charge on any atom is -0.492 e. The molecule has 122 valence electrons. The van der Waals surface area contributed by atoms with E-state index in [0.29, 0.717) is 5.69 Å². The van der Waals surface area contributed by atoms with E-state index in [4.69, 9.17) is 4.74 Å². The fourth-order valence-electron chi connectivity index (χ4n) is 2.12. The minimum absolute atomic E-state index is 0.144. The molecule has 6 heteroatoms. The summed E-state index contributed by atoms with van der Waals surface area (Å²) in [5.41, 5.74) is 2.82. The number of nitrogens with one attached hydrogen (secondary N) is 2. The lowest BCUT2D eigenvalue weighted by atomic mass is 10.1. The molecule has 0 bridgehead atoms. The van der Waals surface area contributed by atoms with Crippen molar-refractivity contribution in [1.82, 2.24) is 5.32 Å². The van der Waals surface area contributed by atoms with Gasteiger partial charge in [-0.25, -0.2) is 13.6 Å². The van der Waals surface area contributed by atoms with Crippen LogP contribution in [0.25, 0.3) is 0 Å². The lowest BCUT2D eigenvalue weighted by Gasteiger charge is -2.10. The summed E-state index contributed by atoms with van der Waals surface area (Å²) in [5.74, 6) is -1.69. The lowest BCUT2D eigenvalue weighted by molar-refractivity contribution is 0.247. The Balaban J connectivity index is 1.75. The number of urea groups is 1. The number of hydrogen-bond acceptors (Lipinski definition) is 2. The first kappa shape index (κ1) is 16.7. The molecule has 0 atom stereocenters. The quantitative estimate of drug-likeness (QED) is 0.824. The molecule has 0 aliphatic carbocycles. The van der Waals surface area contributed by atoms with E-state index >= 15 is 0 Å². The molecular formula is C17H18F2N2O2. The summed E-state index contributed by atoms with van der Waals surface area (Å²) in [6.07, 6.45) is 0. The van der Waals surface area contributed by atoms with E-state index in [-0.39, 0.29) is 24.9 Å². The number of hydrogen-bond donors (Lipinski definition) is 2. The maximum Gasteiger partial charge on any atom is 0.319 e. The largest absolute Gasteiger partial charge is 0.492 e. The van der Waals surface area contributed by atoms with Gasteiger partial charge in [0.2, 0.25) is 0 Å². The molecule has 0 spiro atoms. The predicted octanol–water partition coefficient (Wildman–Crippen LogP) is 3.78. The van der Waals surface area contributed by atoms with Gasteiger partial charge in [-0.2, -0.15) is 0 Å². The number of rotatable bonds is 5. The molecule has 0 fully saturated rings. The van der Waals surface area contributed by atoms with Crippen LogP contribution >= 0.6 is 0 Å². The average Bonchev–Trinajstić information content (AvgIpc) is 2.46. The normalized spacial score (nSPS) is 10.3. The Morgan fingerprint density at radius 3 is 2.39 bits per heavy atom. The summed E-state index contributed by atoms with van der Waals surface area (Å²) < 4.78 is 31.0. The topological polar surface area (TPSA) is 50.4 Å². The van der Waals surface area contributed by atoms with Crippen LogP contribution in [0, 0.1) is 25.5 Å². The molecule has 0 saturated heterocycles. The third-order valence-corrected chi connectivity index (χ3v) is 3.03. The zero-order valence-corrected chi connectivity index (χ0v) is 13.0. The Morgan fingerprint density at radius 1 is 1.04 bits per heavy atom. The fraction of sp³-hybridized carbons (Fsp3) is 0.235. The van der Waals surface area contributed by atoms with E-state index in [1.54, 1.807) is 0 Å². The fourth-order valence-corrected chi connectivity index (χ4v) is 2.12. The summed E-state index contributed by atoms with van der Waals surface area (Å²) in [6, 6.07) is 8.67. The maximum atomic E-state index is 13.0. The summed E-state index contributed by atoms with van der Waals surface area (Å²) in [4.78, 5) is 11.8. The van der Waals surface area contributed by atoms with Gasteiger partial charge < -0.3 is 15.4 Å². The molecule has 4 nitrogen and oxygen atoms in total. The maximum absolute atomic E-state index is 13.0. The number of anilines is 1. The molecule has 0 aliphatic heterocycles. The molecule has 2 amide bonds. The van der Waals surface area contributed by atoms with Gasteiger partial charge in [0.25, 0.3) is 0 Å². The number of aryl methyl sites for hydroxylation is 2. The Kier molecular flexibility index (Phi) is 5.51. The Bertz CT molecular complexity index is 685. The van der Waals surface area contributed by atoms with Crippen molar-refractivity contribution in [2.24, 2.45) is 0 Å². The van der Waals surface area contributed by atoms with E-state index in [2.05, 4.69) is 10.6 Å². The van der Waals surface area contributed by atoms with Crippen molar-refractivity contribution >= 4 is 11.7 Å². The summed E-state index contributed by atoms with van der Waals surface area (Å²) >= 11 is 0. The molecule has 0 heterocycles. The number of benzene rings is 2. The number of amides is 2. The van der Waals surface area contributed by atoms with Crippen LogP contribution in [0.3, 0.4) is 0 Å². The second kappa shape index (κ2) is 7.58. The third kappa shape index (κ3) is 5.25. The highest BCUT2D eigenvalue weighted by Crippen LogP contribution is 2.15. The second-order valence-corrected chi connectivity index (χ2v) is 5.18. The smallest absolute Gasteiger partial charge is 0.319 e. The first-order chi connectivity index (χ1) is 10.9. The van der Waals surface area contributed by atoms with Crippen molar-refractivity contribution in [3.8, 4) is 5.75 Å². The second-order valence-electron chi connectivity index (χ2n) is 5.18. The molecule has 23 heavy (non-hydrogen) atoms. The van der Waals surface area contributed by atoms with E-state index < -0.39 is 11.6 Å². The summed E-state index contributed by atoms with van der Waals surface area (Å²) in [5, 5.41) is 5.35. The van der Waals surface area contributed by atoms with E-state index in [1.165, 1.54) is 6.07 Å². The van der Waals surface area contributed by atoms with Gasteiger partial charge >= 0.3 is 6.03 Å². The van der Waals surface area contributed by atoms with Gasteiger partial charge in [-0.1, -0.05) is 6.07 Å². The van der Waals surface area contributed by atoms with Crippen LogP contribution in [-0.4, -0.2) is 19.2 Å². The number of halogens is 2. The molecule has 2 rings (SSSR count). The molecule has 0 saturated carbocycles. The van der Waals surface area contributed by atoms with Crippen LogP contribution in [0.5, 0.6) is 5.75 Å². The van der Waals surface area contributed by atoms with Gasteiger partial charge in [0.05, 0.1) is 6.54 Å². The van der Waals surface area contributed by atoms with Crippen LogP contribution in [0.4, 0.5) is 19.3 Å². The SMILES string of the molecule is Cc1cc(C)cc(NC(=O)NCCOc2ccc(F)c(F)c2)c1. The molecule has 0 unspecified atom stereocenters. The van der Waals surface area contributed by atoms with Gasteiger partial charge in [-0.15, -0.1) is 0 Å². The molecule has 0 radical (unpaired) electrons. The van der Waals surface area contributed by atoms with Crippen molar-refractivity contribution in [3.05, 3.63) is 59.2 Å². The highest BCUT2D eigenvalue weighted by atomic mass is 19.2. The van der Waals surface area contributed by atoms with Crippen molar-refractivity contribution in [2.75, 3.05) is 18.5 Å². The monoisotopic (exact) mass is 320 g/mol. The molecule has 0 aromatic heterocycles. The van der Waals surface area contributed by atoms with Crippen LogP contribution in [0.15, 0.2) is 36.4 Å². The first-order valence-electron chi connectivity index (χ1n) is 7.15. The Hall–Kier alpha value is -2.63. The molecule has 2 N–H and O–H groups in total. The highest BCUT2D eigenvalue weighted by Gasteiger charge is 2.04. The zero-order valence-electron chi connectivity index (χ0n) is 13.0. The van der Waals surface area contributed by atoms with Gasteiger partial charge in [-0.3, -0.25) is 0 Å². The summed E-state index contributed by atoms with van der Waals surface area (Å²) in [7, 11) is 0. The van der Waals surface area contributed by atoms with Crippen LogP contribution in [-0.2, 0) is 0 Å². The van der Waals surface area contributed by atoms with Gasteiger partial charge in [0.15, 0.2) is 11.6 Å². The van der Waals surface area contributed by atoms with E-state index in [9.17, 15) is 13.6 Å². The summed E-state index contributed by atoms with van der Waals surface area (Å²) in [6.45, 7) is 4.28.